The molecule has 37 heavy (non-hydrogen) atoms. The third kappa shape index (κ3) is 5.26. The highest BCUT2D eigenvalue weighted by Gasteiger charge is 2.26. The van der Waals surface area contributed by atoms with Crippen molar-refractivity contribution >= 4 is 5.91 Å². The average Bonchev–Trinajstić information content (AvgIpc) is 3.58. The van der Waals surface area contributed by atoms with Crippen molar-refractivity contribution < 1.29 is 18.7 Å². The second-order valence-corrected chi connectivity index (χ2v) is 8.49. The van der Waals surface area contributed by atoms with E-state index in [2.05, 4.69) is 0 Å². The van der Waals surface area contributed by atoms with Crippen LogP contribution in [0.25, 0.3) is 5.69 Å². The molecular formula is C30H27N3O4. The molecule has 0 atom stereocenters. The molecule has 3 aromatic carbocycles. The molecule has 0 aliphatic heterocycles. The molecule has 0 aliphatic carbocycles. The number of carbonyl (C=O) groups is 1. The Labute approximate surface area is 215 Å². The summed E-state index contributed by atoms with van der Waals surface area (Å²) in [7, 11) is 1.60. The maximum atomic E-state index is 13.5. The van der Waals surface area contributed by atoms with E-state index in [-0.39, 0.29) is 18.2 Å². The minimum Gasteiger partial charge on any atom is -0.493 e. The van der Waals surface area contributed by atoms with Gasteiger partial charge in [-0.05, 0) is 48.9 Å². The van der Waals surface area contributed by atoms with Crippen molar-refractivity contribution in [1.82, 2.24) is 14.7 Å². The third-order valence-electron chi connectivity index (χ3n) is 6.00. The van der Waals surface area contributed by atoms with Crippen molar-refractivity contribution in [1.29, 1.82) is 0 Å². The van der Waals surface area contributed by atoms with Crippen LogP contribution in [-0.4, -0.2) is 27.7 Å². The smallest absolute Gasteiger partial charge is 0.290 e. The fraction of sp³-hybridized carbons (Fsp3) is 0.133. The van der Waals surface area contributed by atoms with Gasteiger partial charge in [-0.25, -0.2) is 4.68 Å². The Morgan fingerprint density at radius 3 is 2.22 bits per heavy atom. The zero-order valence-corrected chi connectivity index (χ0v) is 20.7. The summed E-state index contributed by atoms with van der Waals surface area (Å²) in [6, 6.07) is 30.5. The first-order valence-electron chi connectivity index (χ1n) is 12.0. The molecule has 0 aliphatic rings. The van der Waals surface area contributed by atoms with Gasteiger partial charge in [-0.2, -0.15) is 5.10 Å². The number of benzene rings is 3. The summed E-state index contributed by atoms with van der Waals surface area (Å²) >= 11 is 0. The van der Waals surface area contributed by atoms with Gasteiger partial charge in [0.25, 0.3) is 5.91 Å². The highest BCUT2D eigenvalue weighted by molar-refractivity contribution is 5.91. The highest BCUT2D eigenvalue weighted by Crippen LogP contribution is 2.36. The quantitative estimate of drug-likeness (QED) is 0.237. The van der Waals surface area contributed by atoms with E-state index in [0.29, 0.717) is 23.9 Å². The van der Waals surface area contributed by atoms with Gasteiger partial charge in [0, 0.05) is 6.54 Å². The predicted octanol–water partition coefficient (Wildman–Crippen LogP) is 6.42. The molecule has 5 aromatic rings. The minimum atomic E-state index is -0.219. The summed E-state index contributed by atoms with van der Waals surface area (Å²) in [6.07, 6.45) is 1.50. The summed E-state index contributed by atoms with van der Waals surface area (Å²) in [5.41, 5.74) is 3.38. The molecule has 0 radical (unpaired) electrons. The van der Waals surface area contributed by atoms with E-state index < -0.39 is 0 Å². The Morgan fingerprint density at radius 2 is 1.54 bits per heavy atom. The number of amides is 1. The maximum Gasteiger partial charge on any atom is 0.290 e. The van der Waals surface area contributed by atoms with Gasteiger partial charge in [-0.15, -0.1) is 0 Å². The van der Waals surface area contributed by atoms with Gasteiger partial charge in [0.15, 0.2) is 17.3 Å². The number of hydrogen-bond donors (Lipinski definition) is 0. The zero-order chi connectivity index (χ0) is 25.6. The molecule has 1 amide bonds. The van der Waals surface area contributed by atoms with Crippen molar-refractivity contribution in [2.24, 2.45) is 0 Å². The van der Waals surface area contributed by atoms with Crippen LogP contribution in [0.3, 0.4) is 0 Å². The Balaban J connectivity index is 1.59. The third-order valence-corrected chi connectivity index (χ3v) is 6.00. The van der Waals surface area contributed by atoms with Crippen molar-refractivity contribution in [3.8, 4) is 23.1 Å². The summed E-state index contributed by atoms with van der Waals surface area (Å²) < 4.78 is 19.2. The topological polar surface area (TPSA) is 69.7 Å². The molecule has 7 heteroatoms. The predicted molar refractivity (Wildman–Crippen MR) is 140 cm³/mol. The lowest BCUT2D eigenvalue weighted by Gasteiger charge is -2.23. The Bertz CT molecular complexity index is 1460. The van der Waals surface area contributed by atoms with Crippen LogP contribution in [0.1, 0.15) is 27.4 Å². The number of aromatic nitrogens is 2. The summed E-state index contributed by atoms with van der Waals surface area (Å²) in [6.45, 7) is 2.57. The average molecular weight is 494 g/mol. The molecule has 0 N–H and O–H groups in total. The standard InChI is InChI=1S/C30H27N3O4/c1-22-25(21-32(20-23-12-5-3-6-13-23)29(34)28-18-11-19-36-28)30(33(31-22)24-14-7-4-8-15-24)37-27-17-10-9-16-26(27)35-2/h3-19H,20-21H2,1-2H3. The number of hydrogen-bond acceptors (Lipinski definition) is 5. The van der Waals surface area contributed by atoms with Gasteiger partial charge < -0.3 is 18.8 Å². The lowest BCUT2D eigenvalue weighted by atomic mass is 10.1. The number of rotatable bonds is 9. The van der Waals surface area contributed by atoms with E-state index >= 15 is 0 Å². The lowest BCUT2D eigenvalue weighted by molar-refractivity contribution is 0.0696. The molecule has 2 heterocycles. The van der Waals surface area contributed by atoms with Crippen LogP contribution in [0.15, 0.2) is 108 Å². The monoisotopic (exact) mass is 493 g/mol. The molecule has 2 aromatic heterocycles. The van der Waals surface area contributed by atoms with Gasteiger partial charge in [-0.3, -0.25) is 4.79 Å². The van der Waals surface area contributed by atoms with Crippen LogP contribution in [0.2, 0.25) is 0 Å². The molecular weight excluding hydrogens is 466 g/mol. The second kappa shape index (κ2) is 10.9. The largest absolute Gasteiger partial charge is 0.493 e. The van der Waals surface area contributed by atoms with Gasteiger partial charge in [0.05, 0.1) is 36.9 Å². The second-order valence-electron chi connectivity index (χ2n) is 8.49. The molecule has 186 valence electrons. The first kappa shape index (κ1) is 23.9. The molecule has 0 spiro atoms. The number of ether oxygens (including phenoxy) is 2. The molecule has 5 rings (SSSR count). The maximum absolute atomic E-state index is 13.5. The van der Waals surface area contributed by atoms with E-state index in [1.165, 1.54) is 6.26 Å². The first-order valence-corrected chi connectivity index (χ1v) is 12.0. The van der Waals surface area contributed by atoms with Crippen LogP contribution in [0, 0.1) is 6.92 Å². The fourth-order valence-electron chi connectivity index (χ4n) is 4.13. The number of methoxy groups -OCH3 is 1. The number of aryl methyl sites for hydroxylation is 1. The van der Waals surface area contributed by atoms with Crippen molar-refractivity contribution in [3.05, 3.63) is 126 Å². The minimum absolute atomic E-state index is 0.219. The number of para-hydroxylation sites is 3. The van der Waals surface area contributed by atoms with Crippen LogP contribution >= 0.6 is 0 Å². The molecule has 7 nitrogen and oxygen atoms in total. The normalized spacial score (nSPS) is 10.8. The molecule has 0 fully saturated rings. The molecule has 0 bridgehead atoms. The van der Waals surface area contributed by atoms with Crippen molar-refractivity contribution in [2.75, 3.05) is 7.11 Å². The molecule has 0 saturated heterocycles. The van der Waals surface area contributed by atoms with E-state index in [4.69, 9.17) is 19.0 Å². The Hall–Kier alpha value is -4.78. The van der Waals surface area contributed by atoms with Crippen LogP contribution in [0.5, 0.6) is 17.4 Å². The van der Waals surface area contributed by atoms with Crippen molar-refractivity contribution in [2.45, 2.75) is 20.0 Å². The van der Waals surface area contributed by atoms with Crippen LogP contribution in [0.4, 0.5) is 0 Å². The summed E-state index contributed by atoms with van der Waals surface area (Å²) in [5.74, 6) is 1.72. The Kier molecular flexibility index (Phi) is 7.03. The van der Waals surface area contributed by atoms with E-state index in [1.807, 2.05) is 91.9 Å². The first-order chi connectivity index (χ1) is 18.1. The van der Waals surface area contributed by atoms with Crippen LogP contribution < -0.4 is 9.47 Å². The van der Waals surface area contributed by atoms with Gasteiger partial charge in [-0.1, -0.05) is 60.7 Å². The highest BCUT2D eigenvalue weighted by atomic mass is 16.5. The summed E-state index contributed by atoms with van der Waals surface area (Å²) in [5, 5.41) is 4.80. The van der Waals surface area contributed by atoms with Crippen LogP contribution in [-0.2, 0) is 13.1 Å². The summed E-state index contributed by atoms with van der Waals surface area (Å²) in [4.78, 5) is 15.3. The number of carbonyl (C=O) groups excluding carboxylic acids is 1. The van der Waals surface area contributed by atoms with E-state index in [0.717, 1.165) is 22.5 Å². The SMILES string of the molecule is COc1ccccc1Oc1c(CN(Cc2ccccc2)C(=O)c2ccco2)c(C)nn1-c1ccccc1. The van der Waals surface area contributed by atoms with Gasteiger partial charge in [0.1, 0.15) is 0 Å². The molecule has 0 unspecified atom stereocenters. The van der Waals surface area contributed by atoms with Crippen molar-refractivity contribution in [3.63, 3.8) is 0 Å². The van der Waals surface area contributed by atoms with E-state index in [9.17, 15) is 4.79 Å². The van der Waals surface area contributed by atoms with Gasteiger partial charge in [0.2, 0.25) is 5.88 Å². The fourth-order valence-corrected chi connectivity index (χ4v) is 4.13. The molecule has 0 saturated carbocycles. The number of nitrogens with zero attached hydrogens (tertiary/aromatic N) is 3. The van der Waals surface area contributed by atoms with E-state index in [1.54, 1.807) is 28.8 Å². The lowest BCUT2D eigenvalue weighted by Crippen LogP contribution is -2.30. The zero-order valence-electron chi connectivity index (χ0n) is 20.7. The number of furan rings is 1. The van der Waals surface area contributed by atoms with Gasteiger partial charge >= 0.3 is 0 Å². The Morgan fingerprint density at radius 1 is 0.865 bits per heavy atom.